The summed E-state index contributed by atoms with van der Waals surface area (Å²) in [6.07, 6.45) is 4.15. The fourth-order valence-electron chi connectivity index (χ4n) is 2.85. The van der Waals surface area contributed by atoms with Gasteiger partial charge >= 0.3 is 0 Å². The van der Waals surface area contributed by atoms with E-state index in [0.29, 0.717) is 17.2 Å². The number of rotatable bonds is 8. The Morgan fingerprint density at radius 3 is 2.21 bits per heavy atom. The van der Waals surface area contributed by atoms with Gasteiger partial charge in [0.25, 0.3) is 0 Å². The second-order valence-electron chi connectivity index (χ2n) is 6.08. The lowest BCUT2D eigenvalue weighted by atomic mass is 10.1. The van der Waals surface area contributed by atoms with Crippen LogP contribution in [0.2, 0.25) is 0 Å². The first-order valence-electron chi connectivity index (χ1n) is 8.79. The molecule has 0 unspecified atom stereocenters. The molecule has 0 bridgehead atoms. The van der Waals surface area contributed by atoms with Crippen LogP contribution in [0.5, 0.6) is 17.2 Å². The van der Waals surface area contributed by atoms with E-state index in [1.54, 1.807) is 45.6 Å². The SMILES string of the molecule is COc1cc(/C=C/C(=O)c2ccc(Cc3ccccc3)s2)cc(OC)c1OC. The summed E-state index contributed by atoms with van der Waals surface area (Å²) in [6.45, 7) is 0. The fourth-order valence-corrected chi connectivity index (χ4v) is 3.82. The zero-order valence-electron chi connectivity index (χ0n) is 16.1. The van der Waals surface area contributed by atoms with Crippen LogP contribution < -0.4 is 14.2 Å². The highest BCUT2D eigenvalue weighted by molar-refractivity contribution is 7.14. The van der Waals surface area contributed by atoms with E-state index in [1.165, 1.54) is 16.9 Å². The molecule has 0 amide bonds. The Bertz CT molecular complexity index is 948. The summed E-state index contributed by atoms with van der Waals surface area (Å²) < 4.78 is 16.0. The maximum atomic E-state index is 12.6. The van der Waals surface area contributed by atoms with Crippen LogP contribution in [-0.4, -0.2) is 27.1 Å². The summed E-state index contributed by atoms with van der Waals surface area (Å²) in [6, 6.07) is 17.7. The molecule has 0 atom stereocenters. The Morgan fingerprint density at radius 1 is 0.929 bits per heavy atom. The number of methoxy groups -OCH3 is 3. The highest BCUT2D eigenvalue weighted by atomic mass is 32.1. The molecule has 2 aromatic carbocycles. The van der Waals surface area contributed by atoms with Crippen LogP contribution in [0.1, 0.15) is 25.7 Å². The number of carbonyl (C=O) groups is 1. The summed E-state index contributed by atoms with van der Waals surface area (Å²) in [5.74, 6) is 1.60. The van der Waals surface area contributed by atoms with Gasteiger partial charge in [0, 0.05) is 11.3 Å². The van der Waals surface area contributed by atoms with Gasteiger partial charge in [-0.25, -0.2) is 0 Å². The Labute approximate surface area is 169 Å². The molecule has 144 valence electrons. The van der Waals surface area contributed by atoms with Crippen LogP contribution in [0, 0.1) is 0 Å². The largest absolute Gasteiger partial charge is 0.493 e. The van der Waals surface area contributed by atoms with Crippen LogP contribution in [-0.2, 0) is 6.42 Å². The molecule has 0 aliphatic carbocycles. The molecule has 3 rings (SSSR count). The monoisotopic (exact) mass is 394 g/mol. The van der Waals surface area contributed by atoms with Gasteiger partial charge in [-0.15, -0.1) is 11.3 Å². The molecule has 5 heteroatoms. The van der Waals surface area contributed by atoms with Crippen LogP contribution in [0.4, 0.5) is 0 Å². The molecule has 3 aromatic rings. The fraction of sp³-hybridized carbons (Fsp3) is 0.174. The lowest BCUT2D eigenvalue weighted by molar-refractivity contribution is 0.105. The minimum absolute atomic E-state index is 0.0296. The molecular weight excluding hydrogens is 372 g/mol. The predicted molar refractivity (Wildman–Crippen MR) is 113 cm³/mol. The lowest BCUT2D eigenvalue weighted by Gasteiger charge is -2.12. The van der Waals surface area contributed by atoms with Gasteiger partial charge in [0.1, 0.15) is 0 Å². The number of hydrogen-bond acceptors (Lipinski definition) is 5. The van der Waals surface area contributed by atoms with Crippen molar-refractivity contribution in [3.05, 3.63) is 81.6 Å². The van der Waals surface area contributed by atoms with Crippen molar-refractivity contribution in [3.63, 3.8) is 0 Å². The molecule has 0 saturated heterocycles. The summed E-state index contributed by atoms with van der Waals surface area (Å²) in [5.41, 5.74) is 2.03. The van der Waals surface area contributed by atoms with E-state index in [2.05, 4.69) is 12.1 Å². The van der Waals surface area contributed by atoms with Gasteiger partial charge in [0.05, 0.1) is 26.2 Å². The van der Waals surface area contributed by atoms with Crippen LogP contribution in [0.15, 0.2) is 60.7 Å². The van der Waals surface area contributed by atoms with Crippen molar-refractivity contribution >= 4 is 23.2 Å². The lowest BCUT2D eigenvalue weighted by Crippen LogP contribution is -1.96. The van der Waals surface area contributed by atoms with Crippen molar-refractivity contribution < 1.29 is 19.0 Å². The van der Waals surface area contributed by atoms with Crippen LogP contribution in [0.25, 0.3) is 6.08 Å². The molecule has 0 aliphatic heterocycles. The average Bonchev–Trinajstić information content (AvgIpc) is 3.20. The topological polar surface area (TPSA) is 44.8 Å². The van der Waals surface area contributed by atoms with Crippen molar-refractivity contribution in [2.75, 3.05) is 21.3 Å². The molecule has 1 heterocycles. The van der Waals surface area contributed by atoms with Gasteiger partial charge < -0.3 is 14.2 Å². The highest BCUT2D eigenvalue weighted by Crippen LogP contribution is 2.38. The minimum atomic E-state index is -0.0296. The molecule has 0 aliphatic rings. The van der Waals surface area contributed by atoms with Gasteiger partial charge in [-0.05, 0) is 41.5 Å². The van der Waals surface area contributed by atoms with Crippen LogP contribution >= 0.6 is 11.3 Å². The van der Waals surface area contributed by atoms with Crippen LogP contribution in [0.3, 0.4) is 0 Å². The minimum Gasteiger partial charge on any atom is -0.493 e. The van der Waals surface area contributed by atoms with Crippen molar-refractivity contribution in [3.8, 4) is 17.2 Å². The van der Waals surface area contributed by atoms with Gasteiger partial charge in [0.15, 0.2) is 17.3 Å². The zero-order valence-corrected chi connectivity index (χ0v) is 16.9. The first kappa shape index (κ1) is 19.7. The van der Waals surface area contributed by atoms with Crippen molar-refractivity contribution in [2.45, 2.75) is 6.42 Å². The van der Waals surface area contributed by atoms with E-state index in [0.717, 1.165) is 21.7 Å². The van der Waals surface area contributed by atoms with Gasteiger partial charge in [0.2, 0.25) is 5.75 Å². The molecule has 1 aromatic heterocycles. The molecule has 28 heavy (non-hydrogen) atoms. The Hall–Kier alpha value is -3.05. The van der Waals surface area contributed by atoms with E-state index in [1.807, 2.05) is 30.3 Å². The van der Waals surface area contributed by atoms with Gasteiger partial charge in [-0.3, -0.25) is 4.79 Å². The van der Waals surface area contributed by atoms with Crippen molar-refractivity contribution in [1.29, 1.82) is 0 Å². The number of ketones is 1. The Morgan fingerprint density at radius 2 is 1.61 bits per heavy atom. The Balaban J connectivity index is 1.75. The number of carbonyl (C=O) groups excluding carboxylic acids is 1. The van der Waals surface area contributed by atoms with E-state index in [9.17, 15) is 4.79 Å². The smallest absolute Gasteiger partial charge is 0.203 e. The predicted octanol–water partition coefficient (Wildman–Crippen LogP) is 5.26. The molecule has 0 saturated carbocycles. The third kappa shape index (κ3) is 4.61. The van der Waals surface area contributed by atoms with Crippen molar-refractivity contribution in [2.24, 2.45) is 0 Å². The molecule has 4 nitrogen and oxygen atoms in total. The maximum absolute atomic E-state index is 12.6. The third-order valence-corrected chi connectivity index (χ3v) is 5.34. The highest BCUT2D eigenvalue weighted by Gasteiger charge is 2.13. The number of thiophene rings is 1. The van der Waals surface area contributed by atoms with E-state index in [4.69, 9.17) is 14.2 Å². The second-order valence-corrected chi connectivity index (χ2v) is 7.25. The Kier molecular flexibility index (Phi) is 6.50. The number of ether oxygens (including phenoxy) is 3. The van der Waals surface area contributed by atoms with Crippen molar-refractivity contribution in [1.82, 2.24) is 0 Å². The molecule has 0 N–H and O–H groups in total. The zero-order chi connectivity index (χ0) is 19.9. The molecule has 0 radical (unpaired) electrons. The normalized spacial score (nSPS) is 10.8. The number of hydrogen-bond donors (Lipinski definition) is 0. The van der Waals surface area contributed by atoms with E-state index in [-0.39, 0.29) is 5.78 Å². The number of allylic oxidation sites excluding steroid dienone is 1. The summed E-state index contributed by atoms with van der Waals surface area (Å²) in [4.78, 5) is 14.4. The first-order chi connectivity index (χ1) is 13.6. The third-order valence-electron chi connectivity index (χ3n) is 4.24. The first-order valence-corrected chi connectivity index (χ1v) is 9.61. The quantitative estimate of drug-likeness (QED) is 0.386. The number of benzene rings is 2. The van der Waals surface area contributed by atoms with E-state index >= 15 is 0 Å². The van der Waals surface area contributed by atoms with Gasteiger partial charge in [-0.2, -0.15) is 0 Å². The summed E-state index contributed by atoms with van der Waals surface area (Å²) >= 11 is 1.52. The summed E-state index contributed by atoms with van der Waals surface area (Å²) in [5, 5.41) is 0. The standard InChI is InChI=1S/C23H22O4S/c1-25-20-14-17(15-21(26-2)23(20)27-3)9-11-19(24)22-12-10-18(28-22)13-16-7-5-4-6-8-16/h4-12,14-15H,13H2,1-3H3/b11-9+. The van der Waals surface area contributed by atoms with Gasteiger partial charge in [-0.1, -0.05) is 36.4 Å². The molecular formula is C23H22O4S. The second kappa shape index (κ2) is 9.24. The molecule has 0 fully saturated rings. The molecule has 0 spiro atoms. The summed E-state index contributed by atoms with van der Waals surface area (Å²) in [7, 11) is 4.69. The average molecular weight is 394 g/mol. The van der Waals surface area contributed by atoms with E-state index < -0.39 is 0 Å². The maximum Gasteiger partial charge on any atom is 0.203 e.